The molecule has 2 aromatic carbocycles. The van der Waals surface area contributed by atoms with E-state index in [-0.39, 0.29) is 0 Å². The number of benzene rings is 2. The Hall–Kier alpha value is -1.63. The topological polar surface area (TPSA) is 17.1 Å². The molecule has 0 heterocycles. The van der Waals surface area contributed by atoms with Crippen LogP contribution in [0.5, 0.6) is 0 Å². The van der Waals surface area contributed by atoms with Crippen molar-refractivity contribution in [3.63, 3.8) is 0 Å². The summed E-state index contributed by atoms with van der Waals surface area (Å²) in [5.74, 6) is 0. The summed E-state index contributed by atoms with van der Waals surface area (Å²) in [6.45, 7) is 2.15. The zero-order valence-electron chi connectivity index (χ0n) is 8.86. The van der Waals surface area contributed by atoms with Crippen LogP contribution in [-0.4, -0.2) is 6.29 Å². The summed E-state index contributed by atoms with van der Waals surface area (Å²) in [7, 11) is 0. The molecule has 0 aliphatic heterocycles. The number of hydrogen-bond donors (Lipinski definition) is 0. The van der Waals surface area contributed by atoms with Gasteiger partial charge in [-0.25, -0.2) is 0 Å². The Morgan fingerprint density at radius 1 is 1.00 bits per heavy atom. The first-order valence-electron chi connectivity index (χ1n) is 5.28. The average molecular weight is 198 g/mol. The summed E-state index contributed by atoms with van der Waals surface area (Å²) in [5, 5.41) is 2.47. The maximum absolute atomic E-state index is 10.4. The number of rotatable bonds is 3. The van der Waals surface area contributed by atoms with Gasteiger partial charge < -0.3 is 4.79 Å². The van der Waals surface area contributed by atoms with E-state index in [9.17, 15) is 4.79 Å². The van der Waals surface area contributed by atoms with E-state index in [1.165, 1.54) is 16.3 Å². The molecule has 0 aliphatic carbocycles. The smallest absolute Gasteiger partial charge is 0.124 e. The number of carbonyl (C=O) groups excluding carboxylic acids is 1. The second-order valence-electron chi connectivity index (χ2n) is 3.74. The largest absolute Gasteiger partial charge is 0.303 e. The third-order valence-corrected chi connectivity index (χ3v) is 2.70. The van der Waals surface area contributed by atoms with Gasteiger partial charge in [-0.05, 0) is 28.3 Å². The van der Waals surface area contributed by atoms with Crippen LogP contribution in [0.1, 0.15) is 18.1 Å². The lowest BCUT2D eigenvalue weighted by Gasteiger charge is -2.03. The van der Waals surface area contributed by atoms with Crippen LogP contribution in [0.25, 0.3) is 10.8 Å². The maximum Gasteiger partial charge on any atom is 0.124 e. The van der Waals surface area contributed by atoms with E-state index < -0.39 is 0 Å². The second kappa shape index (κ2) is 4.26. The minimum absolute atomic E-state index is 0.505. The summed E-state index contributed by atoms with van der Waals surface area (Å²) in [6.07, 6.45) is 2.51. The maximum atomic E-state index is 10.4. The molecule has 15 heavy (non-hydrogen) atoms. The van der Waals surface area contributed by atoms with Crippen molar-refractivity contribution >= 4 is 17.1 Å². The second-order valence-corrected chi connectivity index (χ2v) is 3.74. The van der Waals surface area contributed by atoms with E-state index in [0.717, 1.165) is 18.3 Å². The standard InChI is InChI=1S/C14H14O/c1-2-11-3-5-14-10-12(7-8-15)4-6-13(14)9-11/h3-6,8-10H,2,7H2,1H3. The number of fused-ring (bicyclic) bond motifs is 1. The Morgan fingerprint density at radius 3 is 2.20 bits per heavy atom. The van der Waals surface area contributed by atoms with Gasteiger partial charge in [-0.15, -0.1) is 0 Å². The van der Waals surface area contributed by atoms with Crippen LogP contribution < -0.4 is 0 Å². The van der Waals surface area contributed by atoms with Gasteiger partial charge in [-0.3, -0.25) is 0 Å². The lowest BCUT2D eigenvalue weighted by Crippen LogP contribution is -1.86. The van der Waals surface area contributed by atoms with Crippen molar-refractivity contribution in [2.24, 2.45) is 0 Å². The highest BCUT2D eigenvalue weighted by Crippen LogP contribution is 2.18. The molecule has 0 saturated heterocycles. The molecule has 0 atom stereocenters. The van der Waals surface area contributed by atoms with Crippen molar-refractivity contribution in [1.29, 1.82) is 0 Å². The van der Waals surface area contributed by atoms with Gasteiger partial charge in [0, 0.05) is 6.42 Å². The summed E-state index contributed by atoms with van der Waals surface area (Å²) < 4.78 is 0. The number of carbonyl (C=O) groups is 1. The SMILES string of the molecule is CCc1ccc2cc(CC=O)ccc2c1. The van der Waals surface area contributed by atoms with Crippen LogP contribution >= 0.6 is 0 Å². The van der Waals surface area contributed by atoms with E-state index in [0.29, 0.717) is 6.42 Å². The van der Waals surface area contributed by atoms with Gasteiger partial charge in [-0.1, -0.05) is 43.3 Å². The first-order chi connectivity index (χ1) is 7.33. The fraction of sp³-hybridized carbons (Fsp3) is 0.214. The average Bonchev–Trinajstić information content (AvgIpc) is 2.29. The quantitative estimate of drug-likeness (QED) is 0.692. The molecule has 2 rings (SSSR count). The van der Waals surface area contributed by atoms with Crippen LogP contribution in [0.2, 0.25) is 0 Å². The van der Waals surface area contributed by atoms with Crippen molar-refractivity contribution < 1.29 is 4.79 Å². The minimum atomic E-state index is 0.505. The van der Waals surface area contributed by atoms with E-state index in [2.05, 4.69) is 37.3 Å². The Labute approximate surface area is 89.7 Å². The molecule has 0 unspecified atom stereocenters. The highest BCUT2D eigenvalue weighted by Gasteiger charge is 1.97. The van der Waals surface area contributed by atoms with Crippen LogP contribution in [-0.2, 0) is 17.6 Å². The molecule has 0 radical (unpaired) electrons. The molecule has 0 fully saturated rings. The molecule has 76 valence electrons. The highest BCUT2D eigenvalue weighted by molar-refractivity contribution is 5.84. The van der Waals surface area contributed by atoms with Crippen LogP contribution in [0, 0.1) is 0 Å². The normalized spacial score (nSPS) is 10.5. The first kappa shape index (κ1) is 9.91. The molecule has 0 spiro atoms. The first-order valence-corrected chi connectivity index (χ1v) is 5.28. The molecule has 1 heteroatoms. The molecule has 0 N–H and O–H groups in total. The van der Waals surface area contributed by atoms with Gasteiger partial charge in [-0.2, -0.15) is 0 Å². The summed E-state index contributed by atoms with van der Waals surface area (Å²) in [5.41, 5.74) is 2.44. The minimum Gasteiger partial charge on any atom is -0.303 e. The monoisotopic (exact) mass is 198 g/mol. The number of aryl methyl sites for hydroxylation is 1. The Morgan fingerprint density at radius 2 is 1.60 bits per heavy atom. The lowest BCUT2D eigenvalue weighted by atomic mass is 10.0. The Bertz CT molecular complexity index is 486. The van der Waals surface area contributed by atoms with Crippen molar-refractivity contribution in [2.75, 3.05) is 0 Å². The van der Waals surface area contributed by atoms with Gasteiger partial charge in [0.15, 0.2) is 0 Å². The van der Waals surface area contributed by atoms with Gasteiger partial charge in [0.1, 0.15) is 6.29 Å². The number of hydrogen-bond acceptors (Lipinski definition) is 1. The predicted molar refractivity (Wildman–Crippen MR) is 63.1 cm³/mol. The van der Waals surface area contributed by atoms with Crippen LogP contribution in [0.15, 0.2) is 36.4 Å². The zero-order valence-corrected chi connectivity index (χ0v) is 8.86. The van der Waals surface area contributed by atoms with Gasteiger partial charge in [0.05, 0.1) is 0 Å². The van der Waals surface area contributed by atoms with Crippen molar-refractivity contribution in [3.8, 4) is 0 Å². The molecule has 0 aliphatic rings. The van der Waals surface area contributed by atoms with Gasteiger partial charge >= 0.3 is 0 Å². The Balaban J connectivity index is 2.49. The molecule has 0 saturated carbocycles. The lowest BCUT2D eigenvalue weighted by molar-refractivity contribution is -0.107. The fourth-order valence-electron chi connectivity index (χ4n) is 1.79. The van der Waals surface area contributed by atoms with Gasteiger partial charge in [0.25, 0.3) is 0 Å². The predicted octanol–water partition coefficient (Wildman–Crippen LogP) is 3.14. The molecule has 2 aromatic rings. The molecule has 1 nitrogen and oxygen atoms in total. The van der Waals surface area contributed by atoms with Gasteiger partial charge in [0.2, 0.25) is 0 Å². The van der Waals surface area contributed by atoms with E-state index in [1.807, 2.05) is 6.07 Å². The van der Waals surface area contributed by atoms with Crippen molar-refractivity contribution in [2.45, 2.75) is 19.8 Å². The molecule has 0 aromatic heterocycles. The Kier molecular flexibility index (Phi) is 2.82. The molecular formula is C14H14O. The summed E-state index contributed by atoms with van der Waals surface area (Å²) >= 11 is 0. The molecular weight excluding hydrogens is 184 g/mol. The summed E-state index contributed by atoms with van der Waals surface area (Å²) in [6, 6.07) is 12.7. The van der Waals surface area contributed by atoms with Crippen molar-refractivity contribution in [3.05, 3.63) is 47.5 Å². The van der Waals surface area contributed by atoms with E-state index in [1.54, 1.807) is 0 Å². The number of aldehydes is 1. The van der Waals surface area contributed by atoms with Crippen molar-refractivity contribution in [1.82, 2.24) is 0 Å². The van der Waals surface area contributed by atoms with E-state index in [4.69, 9.17) is 0 Å². The molecule has 0 bridgehead atoms. The van der Waals surface area contributed by atoms with E-state index >= 15 is 0 Å². The highest BCUT2D eigenvalue weighted by atomic mass is 16.1. The third kappa shape index (κ3) is 2.07. The summed E-state index contributed by atoms with van der Waals surface area (Å²) in [4.78, 5) is 10.4. The van der Waals surface area contributed by atoms with Crippen LogP contribution in [0.3, 0.4) is 0 Å². The zero-order chi connectivity index (χ0) is 10.7. The van der Waals surface area contributed by atoms with Crippen LogP contribution in [0.4, 0.5) is 0 Å². The fourth-order valence-corrected chi connectivity index (χ4v) is 1.79. The third-order valence-electron chi connectivity index (χ3n) is 2.70. The molecule has 0 amide bonds.